The molecule has 2 atom stereocenters. The van der Waals surface area contributed by atoms with Crippen LogP contribution in [-0.2, 0) is 15.8 Å². The molecule has 0 saturated carbocycles. The van der Waals surface area contributed by atoms with Crippen LogP contribution in [0.2, 0.25) is 0 Å². The van der Waals surface area contributed by atoms with Crippen molar-refractivity contribution in [2.45, 2.75) is 24.8 Å². The fraction of sp³-hybridized carbons (Fsp3) is 0.429. The maximum atomic E-state index is 13.9. The van der Waals surface area contributed by atoms with Crippen molar-refractivity contribution in [1.29, 1.82) is 0 Å². The highest BCUT2D eigenvalue weighted by Gasteiger charge is 2.32. The fourth-order valence-corrected chi connectivity index (χ4v) is 4.13. The van der Waals surface area contributed by atoms with E-state index in [0.29, 0.717) is 13.1 Å². The van der Waals surface area contributed by atoms with E-state index in [1.54, 1.807) is 30.1 Å². The van der Waals surface area contributed by atoms with Crippen molar-refractivity contribution in [3.8, 4) is 0 Å². The molecule has 2 aromatic rings. The van der Waals surface area contributed by atoms with Crippen LogP contribution in [-0.4, -0.2) is 42.5 Å². The molecular weight excluding hydrogens is 321 g/mol. The average molecular weight is 339 g/mol. The van der Waals surface area contributed by atoms with Crippen molar-refractivity contribution >= 4 is 10.0 Å². The molecule has 0 radical (unpaired) electrons. The van der Waals surface area contributed by atoms with Crippen molar-refractivity contribution in [3.05, 3.63) is 47.5 Å². The lowest BCUT2D eigenvalue weighted by Gasteiger charge is -2.20. The lowest BCUT2D eigenvalue weighted by molar-refractivity contribution is 0.413. The van der Waals surface area contributed by atoms with Gasteiger partial charge in [0.25, 0.3) is 0 Å². The van der Waals surface area contributed by atoms with Crippen LogP contribution < -0.4 is 10.0 Å². The Bertz CT molecular complexity index is 778. The number of hydrogen-bond acceptors (Lipinski definition) is 5. The first-order chi connectivity index (χ1) is 10.9. The Kier molecular flexibility index (Phi) is 4.42. The van der Waals surface area contributed by atoms with Gasteiger partial charge in [-0.3, -0.25) is 0 Å². The summed E-state index contributed by atoms with van der Waals surface area (Å²) in [5.74, 6) is -0.896. The van der Waals surface area contributed by atoms with E-state index in [0.717, 1.165) is 5.56 Å². The van der Waals surface area contributed by atoms with Crippen molar-refractivity contribution in [1.82, 2.24) is 25.0 Å². The normalized spacial score (nSPS) is 21.7. The zero-order valence-corrected chi connectivity index (χ0v) is 13.4. The molecule has 9 heteroatoms. The van der Waals surface area contributed by atoms with Crippen LogP contribution in [0, 0.1) is 12.7 Å². The summed E-state index contributed by atoms with van der Waals surface area (Å²) in [7, 11) is -3.67. The molecule has 0 unspecified atom stereocenters. The van der Waals surface area contributed by atoms with Crippen molar-refractivity contribution < 1.29 is 12.8 Å². The molecule has 124 valence electrons. The number of benzene rings is 1. The largest absolute Gasteiger partial charge is 0.313 e. The van der Waals surface area contributed by atoms with E-state index in [4.69, 9.17) is 0 Å². The third-order valence-corrected chi connectivity index (χ3v) is 5.20. The Balaban J connectivity index is 1.73. The molecule has 2 heterocycles. The van der Waals surface area contributed by atoms with E-state index in [-0.39, 0.29) is 23.4 Å². The number of sulfonamides is 1. The van der Waals surface area contributed by atoms with Gasteiger partial charge in [-0.05, 0) is 18.6 Å². The summed E-state index contributed by atoms with van der Waals surface area (Å²) in [5, 5.41) is 10.8. The van der Waals surface area contributed by atoms with E-state index in [9.17, 15) is 12.8 Å². The molecule has 1 aromatic carbocycles. The minimum absolute atomic E-state index is 0.157. The summed E-state index contributed by atoms with van der Waals surface area (Å²) >= 11 is 0. The summed E-state index contributed by atoms with van der Waals surface area (Å²) in [6.07, 6.45) is 3.24. The van der Waals surface area contributed by atoms with Crippen LogP contribution >= 0.6 is 0 Å². The van der Waals surface area contributed by atoms with Crippen LogP contribution in [0.5, 0.6) is 0 Å². The third-order valence-electron chi connectivity index (χ3n) is 3.85. The van der Waals surface area contributed by atoms with Gasteiger partial charge < -0.3 is 5.32 Å². The van der Waals surface area contributed by atoms with Crippen molar-refractivity contribution in [2.24, 2.45) is 0 Å². The topological polar surface area (TPSA) is 88.9 Å². The first kappa shape index (κ1) is 16.0. The zero-order chi connectivity index (χ0) is 16.4. The third kappa shape index (κ3) is 3.74. The smallest absolute Gasteiger partial charge is 0.216 e. The fourth-order valence-electron chi connectivity index (χ4n) is 2.70. The molecule has 1 aliphatic heterocycles. The van der Waals surface area contributed by atoms with Gasteiger partial charge in [-0.2, -0.15) is 0 Å². The first-order valence-corrected chi connectivity index (χ1v) is 8.91. The summed E-state index contributed by atoms with van der Waals surface area (Å²) in [6.45, 7) is 2.84. The van der Waals surface area contributed by atoms with Gasteiger partial charge >= 0.3 is 0 Å². The number of halogens is 1. The SMILES string of the molecule is Cc1ccc(CS(=O)(=O)N[C@@H]2CNC[C@@H]2n2ccnn2)c(F)c1. The van der Waals surface area contributed by atoms with Crippen LogP contribution in [0.3, 0.4) is 0 Å². The van der Waals surface area contributed by atoms with E-state index >= 15 is 0 Å². The van der Waals surface area contributed by atoms with E-state index < -0.39 is 15.8 Å². The van der Waals surface area contributed by atoms with Gasteiger partial charge in [-0.25, -0.2) is 22.2 Å². The highest BCUT2D eigenvalue weighted by molar-refractivity contribution is 7.88. The first-order valence-electron chi connectivity index (χ1n) is 7.26. The molecule has 1 aliphatic rings. The number of aryl methyl sites for hydroxylation is 1. The predicted molar refractivity (Wildman–Crippen MR) is 82.6 cm³/mol. The lowest BCUT2D eigenvalue weighted by atomic mass is 10.2. The minimum Gasteiger partial charge on any atom is -0.313 e. The number of hydrogen-bond donors (Lipinski definition) is 2. The van der Waals surface area contributed by atoms with Gasteiger partial charge in [0.2, 0.25) is 10.0 Å². The molecule has 1 fully saturated rings. The predicted octanol–water partition coefficient (Wildman–Crippen LogP) is 0.358. The second kappa shape index (κ2) is 6.34. The maximum Gasteiger partial charge on any atom is 0.216 e. The van der Waals surface area contributed by atoms with Gasteiger partial charge in [0.15, 0.2) is 0 Å². The Hall–Kier alpha value is -1.84. The molecule has 0 aliphatic carbocycles. The molecular formula is C14H18FN5O2S. The second-order valence-electron chi connectivity index (χ2n) is 5.69. The minimum atomic E-state index is -3.67. The average Bonchev–Trinajstić information content (AvgIpc) is 3.12. The zero-order valence-electron chi connectivity index (χ0n) is 12.6. The van der Waals surface area contributed by atoms with Gasteiger partial charge in [0.1, 0.15) is 5.82 Å². The van der Waals surface area contributed by atoms with Crippen molar-refractivity contribution in [2.75, 3.05) is 13.1 Å². The molecule has 0 spiro atoms. The summed E-state index contributed by atoms with van der Waals surface area (Å²) in [5.41, 5.74) is 0.911. The lowest BCUT2D eigenvalue weighted by Crippen LogP contribution is -2.41. The van der Waals surface area contributed by atoms with Gasteiger partial charge in [-0.15, -0.1) is 5.10 Å². The van der Waals surface area contributed by atoms with E-state index in [2.05, 4.69) is 20.4 Å². The molecule has 1 aromatic heterocycles. The standard InChI is InChI=1S/C14H18FN5O2S/c1-10-2-3-11(12(15)6-10)9-23(21,22)18-13-7-16-8-14(13)20-5-4-17-19-20/h2-6,13-14,16,18H,7-9H2,1H3/t13-,14+/m1/s1. The molecule has 1 saturated heterocycles. The van der Waals surface area contributed by atoms with Crippen molar-refractivity contribution in [3.63, 3.8) is 0 Å². The number of nitrogens with one attached hydrogen (secondary N) is 2. The number of aromatic nitrogens is 3. The molecule has 7 nitrogen and oxygen atoms in total. The van der Waals surface area contributed by atoms with Gasteiger partial charge in [0, 0.05) is 24.8 Å². The number of nitrogens with zero attached hydrogens (tertiary/aromatic N) is 3. The highest BCUT2D eigenvalue weighted by Crippen LogP contribution is 2.17. The quantitative estimate of drug-likeness (QED) is 0.821. The summed E-state index contributed by atoms with van der Waals surface area (Å²) in [4.78, 5) is 0. The van der Waals surface area contributed by atoms with Gasteiger partial charge in [-0.1, -0.05) is 17.3 Å². The molecule has 3 rings (SSSR count). The van der Waals surface area contributed by atoms with E-state index in [1.165, 1.54) is 12.1 Å². The van der Waals surface area contributed by atoms with Crippen LogP contribution in [0.1, 0.15) is 17.2 Å². The molecule has 23 heavy (non-hydrogen) atoms. The Labute approximate surface area is 133 Å². The van der Waals surface area contributed by atoms with Crippen LogP contribution in [0.15, 0.2) is 30.6 Å². The summed E-state index contributed by atoms with van der Waals surface area (Å²) in [6, 6.07) is 4.03. The maximum absolute atomic E-state index is 13.9. The Morgan fingerprint density at radius 2 is 2.26 bits per heavy atom. The van der Waals surface area contributed by atoms with E-state index in [1.807, 2.05) is 0 Å². The Morgan fingerprint density at radius 3 is 2.96 bits per heavy atom. The molecule has 0 amide bonds. The molecule has 0 bridgehead atoms. The van der Waals surface area contributed by atoms with Gasteiger partial charge in [0.05, 0.1) is 24.0 Å². The van der Waals surface area contributed by atoms with Crippen LogP contribution in [0.25, 0.3) is 0 Å². The highest BCUT2D eigenvalue weighted by atomic mass is 32.2. The second-order valence-corrected chi connectivity index (χ2v) is 7.44. The monoisotopic (exact) mass is 339 g/mol. The number of rotatable bonds is 5. The molecule has 2 N–H and O–H groups in total. The summed E-state index contributed by atoms with van der Waals surface area (Å²) < 4.78 is 42.8. The Morgan fingerprint density at radius 1 is 1.43 bits per heavy atom. The van der Waals surface area contributed by atoms with Crippen LogP contribution in [0.4, 0.5) is 4.39 Å².